The van der Waals surface area contributed by atoms with Crippen LogP contribution in [-0.2, 0) is 11.0 Å². The van der Waals surface area contributed by atoms with Gasteiger partial charge >= 0.3 is 0 Å². The highest BCUT2D eigenvalue weighted by molar-refractivity contribution is 9.10. The molecule has 0 N–H and O–H groups in total. The van der Waals surface area contributed by atoms with Crippen molar-refractivity contribution >= 4 is 38.5 Å². The maximum absolute atomic E-state index is 12.2. The molecule has 1 atom stereocenters. The lowest BCUT2D eigenvalue weighted by Gasteiger charge is -2.13. The van der Waals surface area contributed by atoms with Crippen LogP contribution in [0.5, 0.6) is 0 Å². The molecule has 0 fully saturated rings. The van der Waals surface area contributed by atoms with Gasteiger partial charge in [-0.05, 0) is 36.4 Å². The van der Waals surface area contributed by atoms with Crippen LogP contribution in [0.1, 0.15) is 10.4 Å². The molecule has 18 heavy (non-hydrogen) atoms. The zero-order valence-corrected chi connectivity index (χ0v) is 11.4. The van der Waals surface area contributed by atoms with E-state index in [4.69, 9.17) is 0 Å². The highest BCUT2D eigenvalue weighted by atomic mass is 79.9. The number of fused-ring (bicyclic) bond motifs is 1. The molecule has 1 aliphatic rings. The molecule has 90 valence electrons. The minimum Gasteiger partial charge on any atom is -0.268 e. The van der Waals surface area contributed by atoms with E-state index in [-0.39, 0.29) is 5.91 Å². The Bertz CT molecular complexity index is 622. The Kier molecular flexibility index (Phi) is 2.76. The van der Waals surface area contributed by atoms with E-state index in [0.29, 0.717) is 16.3 Å². The molecule has 0 aliphatic carbocycles. The average Bonchev–Trinajstić information content (AvgIpc) is 2.64. The van der Waals surface area contributed by atoms with Crippen molar-refractivity contribution in [3.63, 3.8) is 0 Å². The van der Waals surface area contributed by atoms with Gasteiger partial charge in [0.1, 0.15) is 0 Å². The van der Waals surface area contributed by atoms with Crippen molar-refractivity contribution < 1.29 is 9.00 Å². The van der Waals surface area contributed by atoms with E-state index in [2.05, 4.69) is 20.9 Å². The number of amides is 1. The molecule has 2 heterocycles. The Balaban J connectivity index is 2.09. The number of carbonyl (C=O) groups excluding carboxylic acids is 1. The largest absolute Gasteiger partial charge is 0.273 e. The number of carbonyl (C=O) groups is 1. The fourth-order valence-electron chi connectivity index (χ4n) is 1.75. The molecule has 0 spiro atoms. The molecular formula is C12H7BrN2O2S. The molecule has 2 aromatic rings. The third kappa shape index (κ3) is 1.69. The molecule has 6 heteroatoms. The first-order valence-corrected chi connectivity index (χ1v) is 7.05. The lowest BCUT2D eigenvalue weighted by atomic mass is 10.2. The van der Waals surface area contributed by atoms with Gasteiger partial charge in [-0.1, -0.05) is 15.9 Å². The highest BCUT2D eigenvalue weighted by Crippen LogP contribution is 2.30. The van der Waals surface area contributed by atoms with Crippen molar-refractivity contribution in [3.8, 4) is 0 Å². The quantitative estimate of drug-likeness (QED) is 0.810. The molecule has 0 saturated heterocycles. The Labute approximate surface area is 114 Å². The van der Waals surface area contributed by atoms with Crippen LogP contribution in [-0.4, -0.2) is 15.1 Å². The summed E-state index contributed by atoms with van der Waals surface area (Å²) in [7, 11) is -1.57. The highest BCUT2D eigenvalue weighted by Gasteiger charge is 2.36. The molecule has 3 rings (SSSR count). The number of pyridine rings is 1. The van der Waals surface area contributed by atoms with Crippen molar-refractivity contribution in [1.29, 1.82) is 0 Å². The minimum absolute atomic E-state index is 0.279. The summed E-state index contributed by atoms with van der Waals surface area (Å²) in [6.07, 6.45) is 1.54. The molecule has 1 aliphatic heterocycles. The van der Waals surface area contributed by atoms with Crippen molar-refractivity contribution in [2.75, 3.05) is 4.31 Å². The van der Waals surface area contributed by atoms with Crippen LogP contribution in [0.15, 0.2) is 52.1 Å². The number of benzene rings is 1. The molecule has 0 bridgehead atoms. The van der Waals surface area contributed by atoms with Gasteiger partial charge in [-0.3, -0.25) is 4.79 Å². The van der Waals surface area contributed by atoms with Crippen LogP contribution < -0.4 is 4.31 Å². The standard InChI is InChI=1S/C12H7BrN2O2S/c13-8-3-5-9(6-4-8)15-12(16)10-2-1-7-14-11(10)18(15)17/h1-7H. The summed E-state index contributed by atoms with van der Waals surface area (Å²) in [4.78, 5) is 16.2. The second-order valence-corrected chi connectivity index (χ2v) is 5.85. The van der Waals surface area contributed by atoms with Crippen LogP contribution in [0.4, 0.5) is 5.69 Å². The number of aromatic nitrogens is 1. The molecule has 0 saturated carbocycles. The fraction of sp³-hybridized carbons (Fsp3) is 0. The number of rotatable bonds is 1. The van der Waals surface area contributed by atoms with Gasteiger partial charge < -0.3 is 0 Å². The predicted octanol–water partition coefficient (Wildman–Crippen LogP) is 2.53. The number of halogens is 1. The van der Waals surface area contributed by atoms with E-state index < -0.39 is 11.0 Å². The van der Waals surface area contributed by atoms with Crippen molar-refractivity contribution in [2.45, 2.75) is 5.03 Å². The van der Waals surface area contributed by atoms with Gasteiger partial charge in [0.2, 0.25) is 0 Å². The van der Waals surface area contributed by atoms with Gasteiger partial charge in [-0.2, -0.15) is 0 Å². The number of hydrogen-bond donors (Lipinski definition) is 0. The van der Waals surface area contributed by atoms with E-state index in [1.165, 1.54) is 10.5 Å². The van der Waals surface area contributed by atoms with Crippen molar-refractivity contribution in [2.24, 2.45) is 0 Å². The summed E-state index contributed by atoms with van der Waals surface area (Å²) in [5.41, 5.74) is 0.998. The van der Waals surface area contributed by atoms with Crippen LogP contribution in [0.2, 0.25) is 0 Å². The van der Waals surface area contributed by atoms with Gasteiger partial charge in [0, 0.05) is 10.7 Å². The number of anilines is 1. The van der Waals surface area contributed by atoms with Gasteiger partial charge in [-0.15, -0.1) is 0 Å². The second kappa shape index (κ2) is 4.29. The molecule has 0 radical (unpaired) electrons. The van der Waals surface area contributed by atoms with Crippen LogP contribution in [0.3, 0.4) is 0 Å². The minimum atomic E-state index is -1.57. The zero-order valence-electron chi connectivity index (χ0n) is 9.04. The molecule has 1 amide bonds. The Morgan fingerprint density at radius 1 is 1.17 bits per heavy atom. The zero-order chi connectivity index (χ0) is 12.7. The Hall–Kier alpha value is -1.53. The van der Waals surface area contributed by atoms with E-state index in [1.54, 1.807) is 36.4 Å². The van der Waals surface area contributed by atoms with E-state index in [1.807, 2.05) is 0 Å². The third-order valence-corrected chi connectivity index (χ3v) is 4.47. The van der Waals surface area contributed by atoms with Gasteiger partial charge in [0.05, 0.1) is 11.3 Å². The molecular weight excluding hydrogens is 316 g/mol. The smallest absolute Gasteiger partial charge is 0.268 e. The van der Waals surface area contributed by atoms with E-state index >= 15 is 0 Å². The van der Waals surface area contributed by atoms with Gasteiger partial charge in [0.25, 0.3) is 5.91 Å². The van der Waals surface area contributed by atoms with E-state index in [9.17, 15) is 9.00 Å². The van der Waals surface area contributed by atoms with E-state index in [0.717, 1.165) is 4.47 Å². The summed E-state index contributed by atoms with van der Waals surface area (Å²) >= 11 is 3.32. The Morgan fingerprint density at radius 3 is 2.56 bits per heavy atom. The van der Waals surface area contributed by atoms with Crippen LogP contribution in [0.25, 0.3) is 0 Å². The summed E-state index contributed by atoms with van der Waals surface area (Å²) in [6, 6.07) is 10.4. The monoisotopic (exact) mass is 322 g/mol. The van der Waals surface area contributed by atoms with Crippen molar-refractivity contribution in [3.05, 3.63) is 52.6 Å². The molecule has 1 aromatic carbocycles. The number of nitrogens with zero attached hydrogens (tertiary/aromatic N) is 2. The van der Waals surface area contributed by atoms with Crippen LogP contribution >= 0.6 is 15.9 Å². The maximum atomic E-state index is 12.2. The maximum Gasteiger partial charge on any atom is 0.273 e. The topological polar surface area (TPSA) is 50.3 Å². The summed E-state index contributed by atoms with van der Waals surface area (Å²) in [5.74, 6) is -0.279. The summed E-state index contributed by atoms with van der Waals surface area (Å²) < 4.78 is 14.4. The predicted molar refractivity (Wildman–Crippen MR) is 71.6 cm³/mol. The van der Waals surface area contributed by atoms with Gasteiger partial charge in [0.15, 0.2) is 16.0 Å². The van der Waals surface area contributed by atoms with Crippen molar-refractivity contribution in [1.82, 2.24) is 4.98 Å². The molecule has 4 nitrogen and oxygen atoms in total. The summed E-state index contributed by atoms with van der Waals surface area (Å²) in [6.45, 7) is 0. The lowest BCUT2D eigenvalue weighted by Crippen LogP contribution is -2.25. The second-order valence-electron chi connectivity index (χ2n) is 3.68. The lowest BCUT2D eigenvalue weighted by molar-refractivity contribution is 0.101. The van der Waals surface area contributed by atoms with Crippen LogP contribution in [0, 0.1) is 0 Å². The average molecular weight is 323 g/mol. The first-order chi connectivity index (χ1) is 8.68. The first-order valence-electron chi connectivity index (χ1n) is 5.15. The SMILES string of the molecule is O=C1c2cccnc2S(=O)N1c1ccc(Br)cc1. The first kappa shape index (κ1) is 11.6. The molecule has 1 unspecified atom stereocenters. The normalized spacial score (nSPS) is 17.9. The Morgan fingerprint density at radius 2 is 1.89 bits per heavy atom. The summed E-state index contributed by atoms with van der Waals surface area (Å²) in [5, 5.41) is 0.324. The third-order valence-electron chi connectivity index (χ3n) is 2.58. The fourth-order valence-corrected chi connectivity index (χ4v) is 3.25. The number of hydrogen-bond acceptors (Lipinski definition) is 3. The molecule has 1 aromatic heterocycles. The van der Waals surface area contributed by atoms with Gasteiger partial charge in [-0.25, -0.2) is 13.5 Å².